The van der Waals surface area contributed by atoms with E-state index in [-0.39, 0.29) is 23.0 Å². The molecule has 1 rings (SSSR count). The molecule has 0 atom stereocenters. The molecule has 0 unspecified atom stereocenters. The van der Waals surface area contributed by atoms with Crippen LogP contribution in [0.3, 0.4) is 0 Å². The molecule has 0 aliphatic carbocycles. The van der Waals surface area contributed by atoms with E-state index in [1.165, 1.54) is 12.3 Å². The summed E-state index contributed by atoms with van der Waals surface area (Å²) in [6.45, 7) is 10.7. The second-order valence-electron chi connectivity index (χ2n) is 4.28. The molecular weight excluding hydrogens is 296 g/mol. The van der Waals surface area contributed by atoms with E-state index in [2.05, 4.69) is 30.0 Å². The highest BCUT2D eigenvalue weighted by Gasteiger charge is 2.26. The van der Waals surface area contributed by atoms with Crippen LogP contribution in [0.25, 0.3) is 0 Å². The zero-order valence-electron chi connectivity index (χ0n) is 11.5. The van der Waals surface area contributed by atoms with Gasteiger partial charge in [-0.1, -0.05) is 6.58 Å². The van der Waals surface area contributed by atoms with Crippen molar-refractivity contribution < 1.29 is 31.1 Å². The summed E-state index contributed by atoms with van der Waals surface area (Å²) in [5.41, 5.74) is 0.529. The van der Waals surface area contributed by atoms with E-state index in [1.807, 2.05) is 6.92 Å². The maximum absolute atomic E-state index is 11.5. The summed E-state index contributed by atoms with van der Waals surface area (Å²) in [7, 11) is 2.10. The van der Waals surface area contributed by atoms with Crippen LogP contribution in [-0.2, 0) is 9.53 Å². The highest BCUT2D eigenvalue weighted by atomic mass is 79.9. The van der Waals surface area contributed by atoms with Crippen LogP contribution in [-0.4, -0.2) is 54.6 Å². The van der Waals surface area contributed by atoms with Crippen LogP contribution in [0.1, 0.15) is 26.7 Å². The molecule has 104 valence electrons. The topological polar surface area (TPSA) is 32.5 Å². The van der Waals surface area contributed by atoms with Gasteiger partial charge < -0.3 is 21.7 Å². The summed E-state index contributed by atoms with van der Waals surface area (Å²) in [5.74, 6) is 1.02. The number of hydrogen-bond acceptors (Lipinski definition) is 3. The van der Waals surface area contributed by atoms with E-state index in [0.29, 0.717) is 18.7 Å². The lowest BCUT2D eigenvalue weighted by atomic mass is 10.2. The van der Waals surface area contributed by atoms with Gasteiger partial charge in [0.05, 0.1) is 38.7 Å². The molecule has 1 aliphatic heterocycles. The van der Waals surface area contributed by atoms with E-state index in [9.17, 15) is 4.79 Å². The first-order chi connectivity index (χ1) is 8.10. The van der Waals surface area contributed by atoms with Gasteiger partial charge >= 0.3 is 5.97 Å². The molecule has 4 nitrogen and oxygen atoms in total. The van der Waals surface area contributed by atoms with Gasteiger partial charge in [0, 0.05) is 0 Å². The van der Waals surface area contributed by atoms with Crippen LogP contribution < -0.4 is 17.0 Å². The Morgan fingerprint density at radius 2 is 2.17 bits per heavy atom. The van der Waals surface area contributed by atoms with Gasteiger partial charge in [0.25, 0.3) is 0 Å². The molecule has 0 spiro atoms. The molecule has 18 heavy (non-hydrogen) atoms. The van der Waals surface area contributed by atoms with Gasteiger partial charge in [-0.2, -0.15) is 0 Å². The number of esters is 1. The quantitative estimate of drug-likeness (QED) is 0.343. The summed E-state index contributed by atoms with van der Waals surface area (Å²) < 4.78 is 7.20. The number of carbonyl (C=O) groups excluding carboxylic acids is 1. The molecule has 0 aromatic heterocycles. The third-order valence-corrected chi connectivity index (χ3v) is 3.03. The Morgan fingerprint density at radius 3 is 2.61 bits per heavy atom. The lowest BCUT2D eigenvalue weighted by Gasteiger charge is -2.17. The fraction of sp³-hybridized carbons (Fsp3) is 0.692. The Hall–Kier alpha value is -0.840. The van der Waals surface area contributed by atoms with Crippen molar-refractivity contribution in [1.29, 1.82) is 0 Å². The second-order valence-corrected chi connectivity index (χ2v) is 4.28. The number of amidine groups is 1. The molecule has 0 aromatic rings. The van der Waals surface area contributed by atoms with Gasteiger partial charge in [0.1, 0.15) is 6.54 Å². The van der Waals surface area contributed by atoms with E-state index in [1.54, 1.807) is 0 Å². The summed E-state index contributed by atoms with van der Waals surface area (Å²) in [6, 6.07) is 0. The number of likely N-dealkylation sites (N-methyl/N-ethyl adjacent to an activating group) is 1. The minimum atomic E-state index is -0.285. The van der Waals surface area contributed by atoms with E-state index in [0.717, 1.165) is 19.5 Å². The van der Waals surface area contributed by atoms with E-state index < -0.39 is 0 Å². The molecule has 0 radical (unpaired) electrons. The molecule has 1 heterocycles. The minimum absolute atomic E-state index is 0. The van der Waals surface area contributed by atoms with Gasteiger partial charge in [-0.3, -0.25) is 9.48 Å². The first kappa shape index (κ1) is 17.2. The molecule has 0 N–H and O–H groups in total. The lowest BCUT2D eigenvalue weighted by molar-refractivity contribution is -0.493. The molecule has 0 aromatic carbocycles. The average molecular weight is 319 g/mol. The monoisotopic (exact) mass is 318 g/mol. The Kier molecular flexibility index (Phi) is 7.91. The summed E-state index contributed by atoms with van der Waals surface area (Å²) in [5, 5.41) is 0. The Bertz CT molecular complexity index is 340. The third kappa shape index (κ3) is 4.44. The van der Waals surface area contributed by atoms with Crippen LogP contribution in [0.5, 0.6) is 0 Å². The van der Waals surface area contributed by atoms with E-state index >= 15 is 0 Å². The van der Waals surface area contributed by atoms with Gasteiger partial charge in [-0.25, -0.2) is 4.79 Å². The molecule has 0 saturated carbocycles. The summed E-state index contributed by atoms with van der Waals surface area (Å²) in [6.07, 6.45) is 2.27. The number of ether oxygens (including phenoxy) is 1. The van der Waals surface area contributed by atoms with Crippen LogP contribution in [0, 0.1) is 0 Å². The van der Waals surface area contributed by atoms with Gasteiger partial charge in [0.2, 0.25) is 5.84 Å². The zero-order valence-corrected chi connectivity index (χ0v) is 13.1. The first-order valence-electron chi connectivity index (χ1n) is 6.26. The molecule has 1 aliphatic rings. The van der Waals surface area contributed by atoms with Gasteiger partial charge in [-0.05, 0) is 20.3 Å². The third-order valence-electron chi connectivity index (χ3n) is 3.03. The van der Waals surface area contributed by atoms with Crippen molar-refractivity contribution >= 4 is 11.8 Å². The van der Waals surface area contributed by atoms with Crippen molar-refractivity contribution in [3.05, 3.63) is 12.2 Å². The Morgan fingerprint density at radius 1 is 1.50 bits per heavy atom. The van der Waals surface area contributed by atoms with Crippen molar-refractivity contribution in [1.82, 2.24) is 4.90 Å². The SMILES string of the molecule is C=C(CN(CC)C1=[N+](C)CCC1)C(=O)OCC.[Br-]. The van der Waals surface area contributed by atoms with Crippen molar-refractivity contribution in [2.75, 3.05) is 33.3 Å². The van der Waals surface area contributed by atoms with Crippen molar-refractivity contribution in [2.24, 2.45) is 0 Å². The minimum Gasteiger partial charge on any atom is -1.00 e. The number of halogens is 1. The largest absolute Gasteiger partial charge is 1.00 e. The number of carbonyl (C=O) groups is 1. The smallest absolute Gasteiger partial charge is 0.337 e. The average Bonchev–Trinajstić information content (AvgIpc) is 2.72. The van der Waals surface area contributed by atoms with Crippen molar-refractivity contribution in [3.8, 4) is 0 Å². The first-order valence-corrected chi connectivity index (χ1v) is 6.26. The van der Waals surface area contributed by atoms with Crippen LogP contribution in [0.2, 0.25) is 0 Å². The maximum Gasteiger partial charge on any atom is 0.337 e. The van der Waals surface area contributed by atoms with Crippen LogP contribution >= 0.6 is 0 Å². The molecule has 0 fully saturated rings. The molecule has 0 bridgehead atoms. The number of rotatable bonds is 5. The fourth-order valence-corrected chi connectivity index (χ4v) is 2.11. The normalized spacial score (nSPS) is 14.2. The summed E-state index contributed by atoms with van der Waals surface area (Å²) in [4.78, 5) is 13.7. The van der Waals surface area contributed by atoms with Crippen molar-refractivity contribution in [2.45, 2.75) is 26.7 Å². The predicted molar refractivity (Wildman–Crippen MR) is 68.3 cm³/mol. The van der Waals surface area contributed by atoms with Gasteiger partial charge in [0.15, 0.2) is 0 Å². The lowest BCUT2D eigenvalue weighted by Crippen LogP contribution is -3.00. The Balaban J connectivity index is 0.00000289. The van der Waals surface area contributed by atoms with E-state index in [4.69, 9.17) is 4.74 Å². The predicted octanol–water partition coefficient (Wildman–Crippen LogP) is -1.73. The molecule has 0 amide bonds. The highest BCUT2D eigenvalue weighted by Crippen LogP contribution is 2.09. The van der Waals surface area contributed by atoms with Gasteiger partial charge in [-0.15, -0.1) is 0 Å². The highest BCUT2D eigenvalue weighted by molar-refractivity contribution is 5.89. The number of nitrogens with zero attached hydrogens (tertiary/aromatic N) is 2. The number of hydrogen-bond donors (Lipinski definition) is 0. The maximum atomic E-state index is 11.5. The molecule has 0 saturated heterocycles. The molecular formula is C13H23BrN2O2. The van der Waals surface area contributed by atoms with Crippen molar-refractivity contribution in [3.63, 3.8) is 0 Å². The zero-order chi connectivity index (χ0) is 12.8. The second kappa shape index (κ2) is 8.29. The standard InChI is InChI=1S/C13H23N2O2.BrH/c1-5-15(12-8-7-9-14(12)4)10-11(3)13(16)17-6-2;/h3,5-10H2,1-2,4H3;1H/q+1;/p-1. The molecule has 5 heteroatoms. The van der Waals surface area contributed by atoms with Crippen LogP contribution in [0.15, 0.2) is 12.2 Å². The van der Waals surface area contributed by atoms with Crippen LogP contribution in [0.4, 0.5) is 0 Å². The fourth-order valence-electron chi connectivity index (χ4n) is 2.11. The summed E-state index contributed by atoms with van der Waals surface area (Å²) >= 11 is 0. The Labute approximate surface area is 120 Å².